The summed E-state index contributed by atoms with van der Waals surface area (Å²) in [4.78, 5) is 12.3. The Bertz CT molecular complexity index is 914. The standard InChI is InChI=1S/C19H18ClNO3/c1-11-6-15-13(10-24-18(15)7-12(11)2)8-19(22)21-14-4-5-17(23-3)16(20)9-14/h4-7,9-10H,8H2,1-3H3,(H,21,22). The van der Waals surface area contributed by atoms with Gasteiger partial charge < -0.3 is 14.5 Å². The number of hydrogen-bond acceptors (Lipinski definition) is 3. The van der Waals surface area contributed by atoms with E-state index in [1.807, 2.05) is 19.9 Å². The topological polar surface area (TPSA) is 51.5 Å². The second-order valence-electron chi connectivity index (χ2n) is 5.77. The van der Waals surface area contributed by atoms with Gasteiger partial charge in [0.05, 0.1) is 24.8 Å². The number of nitrogens with one attached hydrogen (secondary N) is 1. The van der Waals surface area contributed by atoms with Crippen molar-refractivity contribution in [3.05, 3.63) is 58.3 Å². The summed E-state index contributed by atoms with van der Waals surface area (Å²) in [5, 5.41) is 4.27. The first kappa shape index (κ1) is 16.4. The third kappa shape index (κ3) is 3.24. The molecule has 5 heteroatoms. The Morgan fingerprint density at radius 2 is 1.96 bits per heavy atom. The molecule has 0 radical (unpaired) electrons. The first-order valence-electron chi connectivity index (χ1n) is 7.58. The molecule has 0 saturated carbocycles. The highest BCUT2D eigenvalue weighted by Crippen LogP contribution is 2.28. The van der Waals surface area contributed by atoms with Crippen molar-refractivity contribution in [2.45, 2.75) is 20.3 Å². The first-order chi connectivity index (χ1) is 11.5. The van der Waals surface area contributed by atoms with Crippen LogP contribution in [0.5, 0.6) is 5.75 Å². The Hall–Kier alpha value is -2.46. The van der Waals surface area contributed by atoms with Crippen molar-refractivity contribution in [2.75, 3.05) is 12.4 Å². The SMILES string of the molecule is COc1ccc(NC(=O)Cc2coc3cc(C)c(C)cc23)cc1Cl. The van der Waals surface area contributed by atoms with Crippen molar-refractivity contribution in [1.82, 2.24) is 0 Å². The summed E-state index contributed by atoms with van der Waals surface area (Å²) in [6.07, 6.45) is 1.88. The lowest BCUT2D eigenvalue weighted by Crippen LogP contribution is -2.14. The molecule has 0 saturated heterocycles. The van der Waals surface area contributed by atoms with E-state index in [1.54, 1.807) is 31.6 Å². The van der Waals surface area contributed by atoms with Gasteiger partial charge in [0.15, 0.2) is 0 Å². The summed E-state index contributed by atoms with van der Waals surface area (Å²) in [6, 6.07) is 9.19. The van der Waals surface area contributed by atoms with Gasteiger partial charge in [-0.05, 0) is 55.3 Å². The van der Waals surface area contributed by atoms with E-state index in [0.29, 0.717) is 16.5 Å². The van der Waals surface area contributed by atoms with Gasteiger partial charge >= 0.3 is 0 Å². The number of anilines is 1. The number of ether oxygens (including phenoxy) is 1. The fourth-order valence-electron chi connectivity index (χ4n) is 2.60. The van der Waals surface area contributed by atoms with Gasteiger partial charge in [0, 0.05) is 16.6 Å². The molecule has 0 unspecified atom stereocenters. The number of benzene rings is 2. The van der Waals surface area contributed by atoms with Crippen LogP contribution < -0.4 is 10.1 Å². The molecule has 0 spiro atoms. The highest BCUT2D eigenvalue weighted by Gasteiger charge is 2.12. The van der Waals surface area contributed by atoms with Crippen LogP contribution in [-0.2, 0) is 11.2 Å². The summed E-state index contributed by atoms with van der Waals surface area (Å²) in [7, 11) is 1.55. The molecule has 0 aliphatic rings. The number of carbonyl (C=O) groups is 1. The van der Waals surface area contributed by atoms with Crippen molar-refractivity contribution >= 4 is 34.2 Å². The van der Waals surface area contributed by atoms with Crippen molar-refractivity contribution in [1.29, 1.82) is 0 Å². The molecular formula is C19H18ClNO3. The Morgan fingerprint density at radius 1 is 1.21 bits per heavy atom. The van der Waals surface area contributed by atoms with Crippen molar-refractivity contribution in [2.24, 2.45) is 0 Å². The maximum Gasteiger partial charge on any atom is 0.228 e. The number of hydrogen-bond donors (Lipinski definition) is 1. The number of carbonyl (C=O) groups excluding carboxylic acids is 1. The Morgan fingerprint density at radius 3 is 2.67 bits per heavy atom. The summed E-state index contributed by atoms with van der Waals surface area (Å²) in [5.74, 6) is 0.443. The van der Waals surface area contributed by atoms with Gasteiger partial charge in [0.2, 0.25) is 5.91 Å². The molecule has 1 N–H and O–H groups in total. The van der Waals surface area contributed by atoms with Crippen LogP contribution in [0.15, 0.2) is 41.0 Å². The molecule has 0 aliphatic carbocycles. The predicted molar refractivity (Wildman–Crippen MR) is 96.0 cm³/mol. The first-order valence-corrected chi connectivity index (χ1v) is 7.96. The van der Waals surface area contributed by atoms with Crippen LogP contribution in [0.3, 0.4) is 0 Å². The normalized spacial score (nSPS) is 10.8. The quantitative estimate of drug-likeness (QED) is 0.733. The molecule has 3 aromatic rings. The maximum atomic E-state index is 12.3. The monoisotopic (exact) mass is 343 g/mol. The van der Waals surface area contributed by atoms with E-state index < -0.39 is 0 Å². The molecule has 124 valence electrons. The molecular weight excluding hydrogens is 326 g/mol. The number of fused-ring (bicyclic) bond motifs is 1. The number of amides is 1. The van der Waals surface area contributed by atoms with E-state index in [1.165, 1.54) is 11.1 Å². The van der Waals surface area contributed by atoms with Gasteiger partial charge in [-0.1, -0.05) is 11.6 Å². The number of halogens is 1. The van der Waals surface area contributed by atoms with Crippen molar-refractivity contribution in [3.8, 4) is 5.75 Å². The van der Waals surface area contributed by atoms with Crippen LogP contribution in [0.1, 0.15) is 16.7 Å². The van der Waals surface area contributed by atoms with E-state index in [2.05, 4.69) is 11.4 Å². The zero-order valence-electron chi connectivity index (χ0n) is 13.8. The van der Waals surface area contributed by atoms with Gasteiger partial charge in [-0.3, -0.25) is 4.79 Å². The molecule has 1 heterocycles. The van der Waals surface area contributed by atoms with Gasteiger partial charge in [-0.15, -0.1) is 0 Å². The number of furan rings is 1. The molecule has 1 aromatic heterocycles. The Kier molecular flexibility index (Phi) is 4.49. The average Bonchev–Trinajstić information content (AvgIpc) is 2.90. The molecule has 4 nitrogen and oxygen atoms in total. The Balaban J connectivity index is 1.78. The lowest BCUT2D eigenvalue weighted by Gasteiger charge is -2.08. The smallest absolute Gasteiger partial charge is 0.228 e. The minimum atomic E-state index is -0.128. The molecule has 0 bridgehead atoms. The van der Waals surface area contributed by atoms with E-state index in [-0.39, 0.29) is 12.3 Å². The van der Waals surface area contributed by atoms with Crippen LogP contribution in [0.4, 0.5) is 5.69 Å². The maximum absolute atomic E-state index is 12.3. The summed E-state index contributed by atoms with van der Waals surface area (Å²) >= 11 is 6.07. The lowest BCUT2D eigenvalue weighted by atomic mass is 10.0. The third-order valence-corrected chi connectivity index (χ3v) is 4.35. The molecule has 1 amide bonds. The van der Waals surface area contributed by atoms with Crippen molar-refractivity contribution < 1.29 is 13.9 Å². The fraction of sp³-hybridized carbons (Fsp3) is 0.211. The largest absolute Gasteiger partial charge is 0.495 e. The van der Waals surface area contributed by atoms with E-state index in [4.69, 9.17) is 20.8 Å². The van der Waals surface area contributed by atoms with Crippen LogP contribution in [-0.4, -0.2) is 13.0 Å². The predicted octanol–water partition coefficient (Wildman–Crippen LogP) is 4.89. The molecule has 0 atom stereocenters. The highest BCUT2D eigenvalue weighted by atomic mass is 35.5. The fourth-order valence-corrected chi connectivity index (χ4v) is 2.85. The van der Waals surface area contributed by atoms with E-state index in [0.717, 1.165) is 16.5 Å². The van der Waals surface area contributed by atoms with Gasteiger partial charge in [0.1, 0.15) is 11.3 Å². The average molecular weight is 344 g/mol. The second kappa shape index (κ2) is 6.57. The second-order valence-corrected chi connectivity index (χ2v) is 6.18. The van der Waals surface area contributed by atoms with E-state index >= 15 is 0 Å². The third-order valence-electron chi connectivity index (χ3n) is 4.06. The Labute approximate surface area is 145 Å². The molecule has 2 aromatic carbocycles. The zero-order chi connectivity index (χ0) is 17.3. The summed E-state index contributed by atoms with van der Waals surface area (Å²) in [6.45, 7) is 4.09. The van der Waals surface area contributed by atoms with E-state index in [9.17, 15) is 4.79 Å². The van der Waals surface area contributed by atoms with Gasteiger partial charge in [0.25, 0.3) is 0 Å². The lowest BCUT2D eigenvalue weighted by molar-refractivity contribution is -0.115. The van der Waals surface area contributed by atoms with Gasteiger partial charge in [-0.25, -0.2) is 0 Å². The molecule has 0 aliphatic heterocycles. The molecule has 0 fully saturated rings. The van der Waals surface area contributed by atoms with Crippen LogP contribution in [0, 0.1) is 13.8 Å². The zero-order valence-corrected chi connectivity index (χ0v) is 14.5. The minimum Gasteiger partial charge on any atom is -0.495 e. The number of aryl methyl sites for hydroxylation is 2. The van der Waals surface area contributed by atoms with Crippen LogP contribution in [0.25, 0.3) is 11.0 Å². The minimum absolute atomic E-state index is 0.128. The molecule has 24 heavy (non-hydrogen) atoms. The summed E-state index contributed by atoms with van der Waals surface area (Å²) in [5.41, 5.74) is 4.64. The van der Waals surface area contributed by atoms with Gasteiger partial charge in [-0.2, -0.15) is 0 Å². The number of rotatable bonds is 4. The summed E-state index contributed by atoms with van der Waals surface area (Å²) < 4.78 is 10.7. The molecule has 3 rings (SSSR count). The van der Waals surface area contributed by atoms with Crippen LogP contribution in [0.2, 0.25) is 5.02 Å². The van der Waals surface area contributed by atoms with Crippen molar-refractivity contribution in [3.63, 3.8) is 0 Å². The highest BCUT2D eigenvalue weighted by molar-refractivity contribution is 6.32. The van der Waals surface area contributed by atoms with Crippen LogP contribution >= 0.6 is 11.6 Å². The number of methoxy groups -OCH3 is 1.